The molecule has 5 amide bonds. The summed E-state index contributed by atoms with van der Waals surface area (Å²) >= 11 is 0. The Labute approximate surface area is 377 Å². The maximum absolute atomic E-state index is 14.4. The van der Waals surface area contributed by atoms with Crippen molar-refractivity contribution in [2.75, 3.05) is 13.1 Å². The molecule has 3 unspecified atom stereocenters. The summed E-state index contributed by atoms with van der Waals surface area (Å²) in [5.41, 5.74) is 10.7. The van der Waals surface area contributed by atoms with Gasteiger partial charge in [0, 0.05) is 25.7 Å². The van der Waals surface area contributed by atoms with E-state index in [0.29, 0.717) is 6.42 Å². The number of rotatable bonds is 20. The zero-order valence-corrected chi connectivity index (χ0v) is 36.6. The number of hydrogen-bond donors (Lipinski definition) is 7. The van der Waals surface area contributed by atoms with E-state index >= 15 is 0 Å². The van der Waals surface area contributed by atoms with Gasteiger partial charge < -0.3 is 37.1 Å². The first-order valence-corrected chi connectivity index (χ1v) is 21.2. The van der Waals surface area contributed by atoms with E-state index in [1.807, 2.05) is 133 Å². The number of amides is 5. The molecule has 0 aromatic heterocycles. The molecular weight excluding hydrogens is 829 g/mol. The third-order valence-corrected chi connectivity index (χ3v) is 9.95. The van der Waals surface area contributed by atoms with Gasteiger partial charge in [0.05, 0.1) is 18.0 Å². The number of benzene rings is 5. The Bertz CT molecular complexity index is 2370. The molecule has 0 radical (unpaired) electrons. The number of fused-ring (bicyclic) bond motifs is 1. The number of hydrazone groups is 2. The van der Waals surface area contributed by atoms with Gasteiger partial charge in [0.25, 0.3) is 5.96 Å². The molecule has 65 heavy (non-hydrogen) atoms. The summed E-state index contributed by atoms with van der Waals surface area (Å²) in [4.78, 5) is 65.6. The fourth-order valence-electron chi connectivity index (χ4n) is 6.91. The first-order valence-electron chi connectivity index (χ1n) is 21.2. The summed E-state index contributed by atoms with van der Waals surface area (Å²) in [6.45, 7) is 5.29. The van der Waals surface area contributed by atoms with Crippen molar-refractivity contribution in [3.63, 3.8) is 0 Å². The van der Waals surface area contributed by atoms with E-state index in [-0.39, 0.29) is 38.3 Å². The van der Waals surface area contributed by atoms with Crippen molar-refractivity contribution in [2.45, 2.75) is 70.2 Å². The summed E-state index contributed by atoms with van der Waals surface area (Å²) in [6.07, 6.45) is 1.57. The lowest BCUT2D eigenvalue weighted by Gasteiger charge is -2.25. The number of carbonyl (C=O) groups excluding carboxylic acids is 4. The molecule has 0 saturated heterocycles. The molecule has 0 bridgehead atoms. The highest BCUT2D eigenvalue weighted by atomic mass is 16.7. The van der Waals surface area contributed by atoms with Crippen molar-refractivity contribution in [2.24, 2.45) is 21.9 Å². The number of nitrogens with two attached hydrogens (primary N) is 1. The minimum absolute atomic E-state index is 0.0818. The molecule has 0 aliphatic heterocycles. The van der Waals surface area contributed by atoms with Gasteiger partial charge in [-0.15, -0.1) is 0 Å². The molecule has 5 aromatic rings. The van der Waals surface area contributed by atoms with Crippen LogP contribution < -0.4 is 37.7 Å². The van der Waals surface area contributed by atoms with Gasteiger partial charge in [0.1, 0.15) is 16.7 Å². The maximum Gasteiger partial charge on any atom is 0.407 e. The number of nitro groups is 1. The van der Waals surface area contributed by atoms with E-state index in [1.54, 1.807) is 20.8 Å². The normalized spacial score (nSPS) is 13.0. The highest BCUT2D eigenvalue weighted by Crippen LogP contribution is 2.22. The second-order valence-corrected chi connectivity index (χ2v) is 16.2. The Balaban J connectivity index is 1.36. The van der Waals surface area contributed by atoms with Crippen LogP contribution in [-0.2, 0) is 27.2 Å². The number of alkyl carbamates (subject to hydrolysis) is 1. The van der Waals surface area contributed by atoms with Crippen LogP contribution in [0.4, 0.5) is 9.59 Å². The van der Waals surface area contributed by atoms with Crippen LogP contribution in [0.15, 0.2) is 144 Å². The third kappa shape index (κ3) is 16.8. The quantitative estimate of drug-likeness (QED) is 0.0167. The summed E-state index contributed by atoms with van der Waals surface area (Å²) in [7, 11) is 0. The predicted octanol–water partition coefficient (Wildman–Crippen LogP) is 5.69. The second-order valence-electron chi connectivity index (χ2n) is 16.2. The molecular formula is C48H56N10O7. The van der Waals surface area contributed by atoms with Crippen LogP contribution in [-0.4, -0.2) is 71.9 Å². The molecule has 0 heterocycles. The topological polar surface area (TPSA) is 244 Å². The van der Waals surface area contributed by atoms with Crippen molar-refractivity contribution in [1.82, 2.24) is 32.0 Å². The standard InChI is InChI=1S/C48H56N10O7/c1-48(2,3)65-47(62)51-31-39(29-34-25-26-35-18-13-14-23-38(35)28-34)43(59)54-41(30-33-16-7-4-8-17-33)44(60)53-40(24-15-27-50-45(49)57-58(63)64)32-52-56-46(61)55-42(36-19-9-5-10-20-36)37-21-11-6-12-22-37/h4-14,16-23,25-26,28,32,39-42H,15,24,27,29-31H2,1-3H3,(H,51,62)(H,53,60)(H,54,59)(H3,49,50,57)(H2,55,56,61)/b52-32+. The first-order chi connectivity index (χ1) is 31.2. The highest BCUT2D eigenvalue weighted by Gasteiger charge is 2.29. The van der Waals surface area contributed by atoms with E-state index < -0.39 is 58.6 Å². The monoisotopic (exact) mass is 884 g/mol. The average molecular weight is 885 g/mol. The summed E-state index contributed by atoms with van der Waals surface area (Å²) in [5, 5.41) is 33.4. The lowest BCUT2D eigenvalue weighted by molar-refractivity contribution is -0.485. The van der Waals surface area contributed by atoms with Crippen molar-refractivity contribution in [1.29, 1.82) is 0 Å². The number of ether oxygens (including phenoxy) is 1. The van der Waals surface area contributed by atoms with Crippen molar-refractivity contribution in [3.8, 4) is 0 Å². The van der Waals surface area contributed by atoms with Crippen molar-refractivity contribution < 1.29 is 28.9 Å². The van der Waals surface area contributed by atoms with Crippen LogP contribution in [0.2, 0.25) is 0 Å². The number of nitrogens with one attached hydrogen (secondary N) is 6. The third-order valence-electron chi connectivity index (χ3n) is 9.95. The van der Waals surface area contributed by atoms with E-state index in [0.717, 1.165) is 33.0 Å². The van der Waals surface area contributed by atoms with Gasteiger partial charge in [-0.2, -0.15) is 5.10 Å². The molecule has 0 saturated carbocycles. The van der Waals surface area contributed by atoms with Gasteiger partial charge in [-0.1, -0.05) is 133 Å². The van der Waals surface area contributed by atoms with Gasteiger partial charge in [0.2, 0.25) is 11.8 Å². The molecule has 17 nitrogen and oxygen atoms in total. The number of hydrogen-bond acceptors (Lipinski definition) is 8. The van der Waals surface area contributed by atoms with Crippen LogP contribution >= 0.6 is 0 Å². The molecule has 8 N–H and O–H groups in total. The Morgan fingerprint density at radius 3 is 1.98 bits per heavy atom. The average Bonchev–Trinajstić information content (AvgIpc) is 3.28. The maximum atomic E-state index is 14.4. The summed E-state index contributed by atoms with van der Waals surface area (Å²) in [6, 6.07) is 38.8. The zero-order chi connectivity index (χ0) is 46.6. The minimum atomic E-state index is -1.10. The van der Waals surface area contributed by atoms with Gasteiger partial charge >= 0.3 is 12.1 Å². The van der Waals surface area contributed by atoms with Gasteiger partial charge in [-0.25, -0.2) is 25.1 Å². The highest BCUT2D eigenvalue weighted by molar-refractivity contribution is 5.91. The lowest BCUT2D eigenvalue weighted by Crippen LogP contribution is -2.53. The number of nitrogens with zero attached hydrogens (tertiary/aromatic N) is 3. The molecule has 17 heteroatoms. The van der Waals surface area contributed by atoms with Crippen LogP contribution in [0.5, 0.6) is 0 Å². The summed E-state index contributed by atoms with van der Waals surface area (Å²) in [5.74, 6) is -2.24. The molecule has 5 aromatic carbocycles. The Morgan fingerprint density at radius 1 is 0.738 bits per heavy atom. The lowest BCUT2D eigenvalue weighted by atomic mass is 9.95. The van der Waals surface area contributed by atoms with Crippen molar-refractivity contribution >= 4 is 46.9 Å². The van der Waals surface area contributed by atoms with Gasteiger partial charge in [-0.05, 0) is 73.1 Å². The largest absolute Gasteiger partial charge is 0.444 e. The Kier molecular flexibility index (Phi) is 17.9. The molecule has 0 fully saturated rings. The van der Waals surface area contributed by atoms with E-state index in [4.69, 9.17) is 10.5 Å². The molecule has 3 atom stereocenters. The number of guanidine groups is 1. The first kappa shape index (κ1) is 48.2. The minimum Gasteiger partial charge on any atom is -0.444 e. The van der Waals surface area contributed by atoms with Crippen LogP contribution in [0.25, 0.3) is 10.8 Å². The van der Waals surface area contributed by atoms with Crippen molar-refractivity contribution in [3.05, 3.63) is 166 Å². The second kappa shape index (κ2) is 24.1. The molecule has 0 spiro atoms. The van der Waals surface area contributed by atoms with Gasteiger partial charge in [0.15, 0.2) is 5.03 Å². The smallest absolute Gasteiger partial charge is 0.407 e. The SMILES string of the molecule is CC(C)(C)OC(=O)NCC(Cc1ccc2ccccc2c1)C(=O)NC(Cc1ccccc1)C(=O)NC(/C=N/NC(=O)NC(c1ccccc1)c1ccccc1)CCCN/C(N)=N\[N+](=O)[O-]. The zero-order valence-electron chi connectivity index (χ0n) is 36.6. The number of urea groups is 1. The fourth-order valence-corrected chi connectivity index (χ4v) is 6.91. The summed E-state index contributed by atoms with van der Waals surface area (Å²) < 4.78 is 5.46. The van der Waals surface area contributed by atoms with Gasteiger partial charge in [-0.3, -0.25) is 9.59 Å². The van der Waals surface area contributed by atoms with E-state index in [1.165, 1.54) is 6.21 Å². The van der Waals surface area contributed by atoms with Crippen LogP contribution in [0, 0.1) is 16.0 Å². The molecule has 5 rings (SSSR count). The Morgan fingerprint density at radius 2 is 1.35 bits per heavy atom. The van der Waals surface area contributed by atoms with E-state index in [2.05, 4.69) is 42.2 Å². The molecule has 0 aliphatic carbocycles. The number of carbonyl (C=O) groups is 4. The van der Waals surface area contributed by atoms with Crippen LogP contribution in [0.3, 0.4) is 0 Å². The van der Waals surface area contributed by atoms with E-state index in [9.17, 15) is 29.3 Å². The Hall–Kier alpha value is -7.82. The molecule has 0 aliphatic rings. The molecule has 340 valence electrons. The van der Waals surface area contributed by atoms with Crippen LogP contribution in [0.1, 0.15) is 61.9 Å². The fraction of sp³-hybridized carbons (Fsp3) is 0.292. The predicted molar refractivity (Wildman–Crippen MR) is 250 cm³/mol.